The van der Waals surface area contributed by atoms with E-state index in [1.54, 1.807) is 0 Å². The van der Waals surface area contributed by atoms with Gasteiger partial charge in [-0.1, -0.05) is 0 Å². The topological polar surface area (TPSA) is 84.7 Å². The van der Waals surface area contributed by atoms with E-state index in [1.807, 2.05) is 0 Å². The standard InChI is InChI=1S/C10H7F3N4O/c11-10(12,13)8-2-1-5(4-15-8)6-3-7(9(14)18)17-16-6/h1-4H,(H2,14,18)(H,16,17). The zero-order chi connectivity index (χ0) is 13.3. The first-order chi connectivity index (χ1) is 8.38. The van der Waals surface area contributed by atoms with Crippen LogP contribution < -0.4 is 5.73 Å². The Hall–Kier alpha value is -2.38. The second-order valence-electron chi connectivity index (χ2n) is 3.46. The number of nitrogens with zero attached hydrogens (tertiary/aromatic N) is 2. The van der Waals surface area contributed by atoms with Crippen molar-refractivity contribution in [1.29, 1.82) is 0 Å². The molecule has 0 bridgehead atoms. The fourth-order valence-corrected chi connectivity index (χ4v) is 1.31. The molecule has 0 spiro atoms. The molecular weight excluding hydrogens is 249 g/mol. The molecule has 0 unspecified atom stereocenters. The summed E-state index contributed by atoms with van der Waals surface area (Å²) in [7, 11) is 0. The van der Waals surface area contributed by atoms with Gasteiger partial charge in [0.1, 0.15) is 11.4 Å². The second kappa shape index (κ2) is 4.13. The minimum Gasteiger partial charge on any atom is -0.364 e. The van der Waals surface area contributed by atoms with Crippen molar-refractivity contribution in [3.05, 3.63) is 35.8 Å². The van der Waals surface area contributed by atoms with E-state index >= 15 is 0 Å². The highest BCUT2D eigenvalue weighted by Crippen LogP contribution is 2.28. The van der Waals surface area contributed by atoms with Gasteiger partial charge in [-0.15, -0.1) is 0 Å². The highest BCUT2D eigenvalue weighted by atomic mass is 19.4. The molecule has 3 N–H and O–H groups in total. The fourth-order valence-electron chi connectivity index (χ4n) is 1.31. The van der Waals surface area contributed by atoms with Crippen LogP contribution in [0.1, 0.15) is 16.2 Å². The summed E-state index contributed by atoms with van der Waals surface area (Å²) in [6, 6.07) is 3.40. The van der Waals surface area contributed by atoms with Gasteiger partial charge in [0.05, 0.1) is 5.69 Å². The number of alkyl halides is 3. The van der Waals surface area contributed by atoms with Gasteiger partial charge >= 0.3 is 6.18 Å². The Kier molecular flexibility index (Phi) is 2.77. The Morgan fingerprint density at radius 3 is 2.50 bits per heavy atom. The van der Waals surface area contributed by atoms with Gasteiger partial charge in [0, 0.05) is 11.8 Å². The second-order valence-corrected chi connectivity index (χ2v) is 3.46. The third-order valence-electron chi connectivity index (χ3n) is 2.19. The van der Waals surface area contributed by atoms with Crippen LogP contribution in [0.25, 0.3) is 11.3 Å². The molecule has 0 fully saturated rings. The molecule has 2 aromatic rings. The van der Waals surface area contributed by atoms with E-state index in [4.69, 9.17) is 5.73 Å². The van der Waals surface area contributed by atoms with E-state index in [0.29, 0.717) is 11.3 Å². The third kappa shape index (κ3) is 2.31. The molecule has 2 rings (SSSR count). The van der Waals surface area contributed by atoms with Crippen LogP contribution in [0.3, 0.4) is 0 Å². The van der Waals surface area contributed by atoms with E-state index in [-0.39, 0.29) is 5.69 Å². The molecule has 0 saturated heterocycles. The number of aromatic amines is 1. The lowest BCUT2D eigenvalue weighted by Gasteiger charge is -2.05. The average molecular weight is 256 g/mol. The zero-order valence-corrected chi connectivity index (χ0v) is 8.82. The Labute approximate surface area is 98.8 Å². The van der Waals surface area contributed by atoms with Crippen LogP contribution in [0.5, 0.6) is 0 Å². The third-order valence-corrected chi connectivity index (χ3v) is 2.19. The van der Waals surface area contributed by atoms with E-state index < -0.39 is 17.8 Å². The number of nitrogens with two attached hydrogens (primary N) is 1. The van der Waals surface area contributed by atoms with Crippen LogP contribution in [0.4, 0.5) is 13.2 Å². The first-order valence-corrected chi connectivity index (χ1v) is 4.77. The van der Waals surface area contributed by atoms with Crippen molar-refractivity contribution in [3.8, 4) is 11.3 Å². The number of aromatic nitrogens is 3. The SMILES string of the molecule is NC(=O)c1cc(-c2ccc(C(F)(F)F)nc2)n[nH]1. The number of nitrogens with one attached hydrogen (secondary N) is 1. The summed E-state index contributed by atoms with van der Waals surface area (Å²) in [5.74, 6) is -0.700. The van der Waals surface area contributed by atoms with E-state index in [2.05, 4.69) is 15.2 Å². The number of halogens is 3. The lowest BCUT2D eigenvalue weighted by molar-refractivity contribution is -0.141. The van der Waals surface area contributed by atoms with Gasteiger partial charge in [-0.25, -0.2) is 0 Å². The molecule has 8 heteroatoms. The number of primary amides is 1. The minimum atomic E-state index is -4.48. The van der Waals surface area contributed by atoms with Gasteiger partial charge in [0.25, 0.3) is 5.91 Å². The molecule has 0 aliphatic heterocycles. The van der Waals surface area contributed by atoms with Gasteiger partial charge in [0.2, 0.25) is 0 Å². The average Bonchev–Trinajstić information content (AvgIpc) is 2.77. The Morgan fingerprint density at radius 2 is 2.06 bits per heavy atom. The van der Waals surface area contributed by atoms with Gasteiger partial charge in [-0.2, -0.15) is 18.3 Å². The molecule has 2 heterocycles. The molecule has 0 saturated carbocycles. The summed E-state index contributed by atoms with van der Waals surface area (Å²) in [6.45, 7) is 0. The number of amides is 1. The number of hydrogen-bond acceptors (Lipinski definition) is 3. The van der Waals surface area contributed by atoms with Crippen molar-refractivity contribution >= 4 is 5.91 Å². The lowest BCUT2D eigenvalue weighted by atomic mass is 10.2. The molecule has 5 nitrogen and oxygen atoms in total. The lowest BCUT2D eigenvalue weighted by Crippen LogP contribution is -2.10. The summed E-state index contributed by atoms with van der Waals surface area (Å²) in [5.41, 5.74) is 4.75. The van der Waals surface area contributed by atoms with Gasteiger partial charge in [-0.3, -0.25) is 14.9 Å². The highest BCUT2D eigenvalue weighted by Gasteiger charge is 2.32. The largest absolute Gasteiger partial charge is 0.433 e. The summed E-state index contributed by atoms with van der Waals surface area (Å²) in [4.78, 5) is 14.1. The Morgan fingerprint density at radius 1 is 1.33 bits per heavy atom. The monoisotopic (exact) mass is 256 g/mol. The molecular formula is C10H7F3N4O. The van der Waals surface area contributed by atoms with E-state index in [1.165, 1.54) is 12.1 Å². The maximum absolute atomic E-state index is 12.3. The molecule has 1 amide bonds. The highest BCUT2D eigenvalue weighted by molar-refractivity contribution is 5.91. The predicted molar refractivity (Wildman–Crippen MR) is 55.3 cm³/mol. The number of carbonyl (C=O) groups excluding carboxylic acids is 1. The first kappa shape index (κ1) is 12.1. The number of pyridine rings is 1. The molecule has 0 aliphatic carbocycles. The van der Waals surface area contributed by atoms with Crippen molar-refractivity contribution in [3.63, 3.8) is 0 Å². The normalized spacial score (nSPS) is 11.5. The number of H-pyrrole nitrogens is 1. The van der Waals surface area contributed by atoms with Gasteiger partial charge in [-0.05, 0) is 18.2 Å². The van der Waals surface area contributed by atoms with Gasteiger partial charge in [0.15, 0.2) is 0 Å². The summed E-state index contributed by atoms with van der Waals surface area (Å²) in [6.07, 6.45) is -3.45. The quantitative estimate of drug-likeness (QED) is 0.855. The number of rotatable bonds is 2. The molecule has 94 valence electrons. The van der Waals surface area contributed by atoms with E-state index in [0.717, 1.165) is 12.3 Å². The van der Waals surface area contributed by atoms with E-state index in [9.17, 15) is 18.0 Å². The number of hydrogen-bond donors (Lipinski definition) is 2. The Balaban J connectivity index is 2.31. The van der Waals surface area contributed by atoms with Crippen molar-refractivity contribution < 1.29 is 18.0 Å². The van der Waals surface area contributed by atoms with Crippen molar-refractivity contribution in [2.45, 2.75) is 6.18 Å². The summed E-state index contributed by atoms with van der Waals surface area (Å²) >= 11 is 0. The summed E-state index contributed by atoms with van der Waals surface area (Å²) < 4.78 is 36.9. The predicted octanol–water partition coefficient (Wildman–Crippen LogP) is 1.59. The number of carbonyl (C=O) groups is 1. The Bertz CT molecular complexity index is 574. The molecule has 0 radical (unpaired) electrons. The van der Waals surface area contributed by atoms with Crippen LogP contribution in [0.15, 0.2) is 24.4 Å². The molecule has 18 heavy (non-hydrogen) atoms. The maximum atomic E-state index is 12.3. The first-order valence-electron chi connectivity index (χ1n) is 4.77. The van der Waals surface area contributed by atoms with Gasteiger partial charge < -0.3 is 5.73 Å². The van der Waals surface area contributed by atoms with Crippen LogP contribution in [-0.2, 0) is 6.18 Å². The van der Waals surface area contributed by atoms with Crippen molar-refractivity contribution in [2.24, 2.45) is 5.73 Å². The van der Waals surface area contributed by atoms with Crippen LogP contribution in [-0.4, -0.2) is 21.1 Å². The van der Waals surface area contributed by atoms with Crippen LogP contribution in [0.2, 0.25) is 0 Å². The fraction of sp³-hybridized carbons (Fsp3) is 0.100. The zero-order valence-electron chi connectivity index (χ0n) is 8.82. The summed E-state index contributed by atoms with van der Waals surface area (Å²) in [5, 5.41) is 6.13. The van der Waals surface area contributed by atoms with Crippen molar-refractivity contribution in [1.82, 2.24) is 15.2 Å². The molecule has 0 atom stereocenters. The smallest absolute Gasteiger partial charge is 0.364 e. The van der Waals surface area contributed by atoms with Crippen LogP contribution in [0, 0.1) is 0 Å². The van der Waals surface area contributed by atoms with Crippen LogP contribution >= 0.6 is 0 Å². The minimum absolute atomic E-state index is 0.0740. The maximum Gasteiger partial charge on any atom is 0.433 e. The van der Waals surface area contributed by atoms with Crippen molar-refractivity contribution in [2.75, 3.05) is 0 Å². The molecule has 2 aromatic heterocycles. The molecule has 0 aromatic carbocycles. The molecule has 0 aliphatic rings.